The molecule has 124 valence electrons. The lowest BCUT2D eigenvalue weighted by atomic mass is 10.0. The number of carbonyl (C=O) groups excluding carboxylic acids is 2. The van der Waals surface area contributed by atoms with Gasteiger partial charge in [0.15, 0.2) is 5.13 Å². The second-order valence-electron chi connectivity index (χ2n) is 4.86. The van der Waals surface area contributed by atoms with Crippen LogP contribution in [0.2, 0.25) is 0 Å². The van der Waals surface area contributed by atoms with Crippen LogP contribution in [0.15, 0.2) is 35.6 Å². The number of rotatable bonds is 4. The van der Waals surface area contributed by atoms with Crippen LogP contribution in [-0.2, 0) is 14.4 Å². The molecule has 0 bridgehead atoms. The number of oxime groups is 1. The first-order valence-electron chi connectivity index (χ1n) is 6.90. The van der Waals surface area contributed by atoms with Crippen LogP contribution in [0.25, 0.3) is 0 Å². The van der Waals surface area contributed by atoms with Gasteiger partial charge in [-0.15, -0.1) is 0 Å². The highest BCUT2D eigenvalue weighted by atomic mass is 32.1. The predicted octanol–water partition coefficient (Wildman–Crippen LogP) is 2.20. The zero-order valence-electron chi connectivity index (χ0n) is 12.5. The standard InChI is InChI=1S/C15H12FN3O4S/c1-22-14(21)12-7-17-15(24-12)18-13(20)11-6-10(19-23-11)8-3-2-4-9(16)5-8/h2-5,7,11H,6H2,1H3,(H,17,18,20)/t11-/m0/s1. The van der Waals surface area contributed by atoms with Crippen LogP contribution in [0.4, 0.5) is 9.52 Å². The Morgan fingerprint density at radius 3 is 3.04 bits per heavy atom. The van der Waals surface area contributed by atoms with Gasteiger partial charge in [0.1, 0.15) is 10.7 Å². The minimum absolute atomic E-state index is 0.213. The number of esters is 1. The summed E-state index contributed by atoms with van der Waals surface area (Å²) in [5.74, 6) is -1.36. The number of methoxy groups -OCH3 is 1. The van der Waals surface area contributed by atoms with E-state index < -0.39 is 18.0 Å². The van der Waals surface area contributed by atoms with E-state index in [1.165, 1.54) is 25.4 Å². The summed E-state index contributed by atoms with van der Waals surface area (Å²) in [6.45, 7) is 0. The highest BCUT2D eigenvalue weighted by molar-refractivity contribution is 7.17. The van der Waals surface area contributed by atoms with Crippen molar-refractivity contribution in [3.05, 3.63) is 46.7 Å². The smallest absolute Gasteiger partial charge is 0.349 e. The molecule has 0 saturated heterocycles. The zero-order chi connectivity index (χ0) is 17.1. The Balaban J connectivity index is 1.61. The second-order valence-corrected chi connectivity index (χ2v) is 5.89. The number of halogens is 1. The van der Waals surface area contributed by atoms with Crippen LogP contribution in [0.5, 0.6) is 0 Å². The highest BCUT2D eigenvalue weighted by Crippen LogP contribution is 2.22. The summed E-state index contributed by atoms with van der Waals surface area (Å²) in [4.78, 5) is 32.8. The number of nitrogens with one attached hydrogen (secondary N) is 1. The fourth-order valence-corrected chi connectivity index (χ4v) is 2.81. The van der Waals surface area contributed by atoms with Gasteiger partial charge >= 0.3 is 5.97 Å². The number of carbonyl (C=O) groups is 2. The number of nitrogens with zero attached hydrogens (tertiary/aromatic N) is 2. The molecule has 1 aromatic carbocycles. The number of anilines is 1. The molecular formula is C15H12FN3O4S. The van der Waals surface area contributed by atoms with Gasteiger partial charge in [0.05, 0.1) is 19.0 Å². The van der Waals surface area contributed by atoms with E-state index in [-0.39, 0.29) is 22.2 Å². The molecule has 0 saturated carbocycles. The van der Waals surface area contributed by atoms with Gasteiger partial charge < -0.3 is 9.57 Å². The Morgan fingerprint density at radius 2 is 2.29 bits per heavy atom. The SMILES string of the molecule is COC(=O)c1cnc(NC(=O)[C@@H]2CC(c3cccc(F)c3)=NO2)s1. The molecule has 1 N–H and O–H groups in total. The Bertz CT molecular complexity index is 821. The van der Waals surface area contributed by atoms with Crippen molar-refractivity contribution in [2.75, 3.05) is 12.4 Å². The van der Waals surface area contributed by atoms with E-state index in [1.54, 1.807) is 12.1 Å². The molecule has 9 heteroatoms. The van der Waals surface area contributed by atoms with Crippen molar-refractivity contribution in [1.29, 1.82) is 0 Å². The van der Waals surface area contributed by atoms with E-state index in [9.17, 15) is 14.0 Å². The van der Waals surface area contributed by atoms with E-state index in [0.717, 1.165) is 11.3 Å². The van der Waals surface area contributed by atoms with Gasteiger partial charge in [-0.2, -0.15) is 0 Å². The third-order valence-electron chi connectivity index (χ3n) is 3.24. The zero-order valence-corrected chi connectivity index (χ0v) is 13.3. The van der Waals surface area contributed by atoms with Crippen molar-refractivity contribution >= 4 is 34.1 Å². The molecule has 0 aliphatic carbocycles. The molecule has 2 heterocycles. The fraction of sp³-hybridized carbons (Fsp3) is 0.200. The monoisotopic (exact) mass is 349 g/mol. The summed E-state index contributed by atoms with van der Waals surface area (Å²) in [5.41, 5.74) is 1.05. The third-order valence-corrected chi connectivity index (χ3v) is 4.13. The Kier molecular flexibility index (Phi) is 4.52. The number of hydrogen-bond donors (Lipinski definition) is 1. The molecule has 2 aromatic rings. The Labute approximate surface area is 140 Å². The van der Waals surface area contributed by atoms with Crippen LogP contribution in [0, 0.1) is 5.82 Å². The lowest BCUT2D eigenvalue weighted by Crippen LogP contribution is -2.27. The molecular weight excluding hydrogens is 337 g/mol. The number of thiazole rings is 1. The van der Waals surface area contributed by atoms with E-state index >= 15 is 0 Å². The fourth-order valence-electron chi connectivity index (χ4n) is 2.07. The van der Waals surface area contributed by atoms with Gasteiger partial charge in [0.2, 0.25) is 6.10 Å². The van der Waals surface area contributed by atoms with Crippen LogP contribution < -0.4 is 5.32 Å². The number of benzene rings is 1. The minimum atomic E-state index is -0.839. The molecule has 0 radical (unpaired) electrons. The van der Waals surface area contributed by atoms with Crippen molar-refractivity contribution in [1.82, 2.24) is 4.98 Å². The number of ether oxygens (including phenoxy) is 1. The van der Waals surface area contributed by atoms with Crippen LogP contribution in [-0.4, -0.2) is 35.8 Å². The molecule has 1 aliphatic rings. The molecule has 1 aromatic heterocycles. The molecule has 0 unspecified atom stereocenters. The van der Waals surface area contributed by atoms with Crippen molar-refractivity contribution in [3.8, 4) is 0 Å². The molecule has 7 nitrogen and oxygen atoms in total. The van der Waals surface area contributed by atoms with Crippen LogP contribution >= 0.6 is 11.3 Å². The summed E-state index contributed by atoms with van der Waals surface area (Å²) >= 11 is 0.992. The largest absolute Gasteiger partial charge is 0.465 e. The maximum Gasteiger partial charge on any atom is 0.349 e. The van der Waals surface area contributed by atoms with Crippen molar-refractivity contribution in [3.63, 3.8) is 0 Å². The maximum atomic E-state index is 13.2. The molecule has 1 aliphatic heterocycles. The van der Waals surface area contributed by atoms with Crippen molar-refractivity contribution in [2.24, 2.45) is 5.16 Å². The molecule has 0 spiro atoms. The summed E-state index contributed by atoms with van der Waals surface area (Å²) in [6, 6.07) is 5.90. The average molecular weight is 349 g/mol. The quantitative estimate of drug-likeness (QED) is 0.855. The van der Waals surface area contributed by atoms with Gasteiger partial charge in [0.25, 0.3) is 5.91 Å². The Hall–Kier alpha value is -2.81. The number of aromatic nitrogens is 1. The van der Waals surface area contributed by atoms with Crippen LogP contribution in [0.3, 0.4) is 0 Å². The summed E-state index contributed by atoms with van der Waals surface area (Å²) in [7, 11) is 1.26. The Morgan fingerprint density at radius 1 is 1.46 bits per heavy atom. The first-order chi connectivity index (χ1) is 11.6. The number of hydrogen-bond acceptors (Lipinski definition) is 7. The topological polar surface area (TPSA) is 89.9 Å². The summed E-state index contributed by atoms with van der Waals surface area (Å²) < 4.78 is 17.8. The molecule has 24 heavy (non-hydrogen) atoms. The van der Waals surface area contributed by atoms with E-state index in [0.29, 0.717) is 11.3 Å². The van der Waals surface area contributed by atoms with Crippen molar-refractivity contribution < 1.29 is 23.6 Å². The normalized spacial score (nSPS) is 16.2. The van der Waals surface area contributed by atoms with E-state index in [2.05, 4.69) is 20.2 Å². The number of amides is 1. The first-order valence-corrected chi connectivity index (χ1v) is 7.72. The molecule has 1 amide bonds. The van der Waals surface area contributed by atoms with Gasteiger partial charge in [-0.3, -0.25) is 10.1 Å². The second kappa shape index (κ2) is 6.75. The molecule has 1 atom stereocenters. The van der Waals surface area contributed by atoms with Crippen molar-refractivity contribution in [2.45, 2.75) is 12.5 Å². The predicted molar refractivity (Wildman–Crippen MR) is 84.5 cm³/mol. The summed E-state index contributed by atoms with van der Waals surface area (Å²) in [6.07, 6.45) is 0.689. The lowest BCUT2D eigenvalue weighted by Gasteiger charge is -2.06. The molecule has 0 fully saturated rings. The van der Waals surface area contributed by atoms with Gasteiger partial charge in [0, 0.05) is 12.0 Å². The summed E-state index contributed by atoms with van der Waals surface area (Å²) in [5, 5.41) is 6.64. The van der Waals surface area contributed by atoms with E-state index in [1.807, 2.05) is 0 Å². The molecule has 3 rings (SSSR count). The third kappa shape index (κ3) is 3.40. The average Bonchev–Trinajstić information content (AvgIpc) is 3.23. The first kappa shape index (κ1) is 16.1. The maximum absolute atomic E-state index is 13.2. The van der Waals surface area contributed by atoms with E-state index in [4.69, 9.17) is 4.84 Å². The lowest BCUT2D eigenvalue weighted by molar-refractivity contribution is -0.125. The van der Waals surface area contributed by atoms with Gasteiger partial charge in [-0.25, -0.2) is 14.2 Å². The van der Waals surface area contributed by atoms with Gasteiger partial charge in [-0.1, -0.05) is 28.6 Å². The highest BCUT2D eigenvalue weighted by Gasteiger charge is 2.29. The minimum Gasteiger partial charge on any atom is -0.465 e. The van der Waals surface area contributed by atoms with Gasteiger partial charge in [-0.05, 0) is 12.1 Å². The van der Waals surface area contributed by atoms with Crippen LogP contribution in [0.1, 0.15) is 21.7 Å².